The van der Waals surface area contributed by atoms with Crippen LogP contribution in [0.5, 0.6) is 0 Å². The Bertz CT molecular complexity index is 555. The van der Waals surface area contributed by atoms with Gasteiger partial charge in [-0.3, -0.25) is 0 Å². The number of benzene rings is 1. The van der Waals surface area contributed by atoms with Gasteiger partial charge in [0.15, 0.2) is 0 Å². The minimum atomic E-state index is -0.224. The average molecular weight is 295 g/mol. The van der Waals surface area contributed by atoms with E-state index in [4.69, 9.17) is 0 Å². The summed E-state index contributed by atoms with van der Waals surface area (Å²) >= 11 is 3.43. The van der Waals surface area contributed by atoms with E-state index in [1.807, 2.05) is 19.1 Å². The number of pyridine rings is 1. The van der Waals surface area contributed by atoms with Gasteiger partial charge in [-0.15, -0.1) is 0 Å². The second-order valence-corrected chi connectivity index (χ2v) is 4.73. The molecule has 0 bridgehead atoms. The molecule has 0 saturated carbocycles. The summed E-state index contributed by atoms with van der Waals surface area (Å²) in [5.74, 6) is 0.461. The Balaban J connectivity index is 2.35. The van der Waals surface area contributed by atoms with Crippen molar-refractivity contribution >= 4 is 27.4 Å². The lowest BCUT2D eigenvalue weighted by molar-refractivity contribution is 0.619. The fourth-order valence-electron chi connectivity index (χ4n) is 1.50. The summed E-state index contributed by atoms with van der Waals surface area (Å²) in [7, 11) is 0. The molecule has 0 unspecified atom stereocenters. The molecule has 0 fully saturated rings. The number of halogens is 2. The van der Waals surface area contributed by atoms with Gasteiger partial charge in [0, 0.05) is 17.4 Å². The van der Waals surface area contributed by atoms with Crippen LogP contribution in [0.15, 0.2) is 34.9 Å². The number of aromatic nitrogens is 1. The molecule has 0 radical (unpaired) electrons. The van der Waals surface area contributed by atoms with Crippen molar-refractivity contribution in [3.05, 3.63) is 51.9 Å². The van der Waals surface area contributed by atoms with Gasteiger partial charge < -0.3 is 5.32 Å². The van der Waals surface area contributed by atoms with Crippen molar-refractivity contribution in [1.82, 2.24) is 4.98 Å². The van der Waals surface area contributed by atoms with Gasteiger partial charge in [-0.2, -0.15) is 0 Å². The van der Waals surface area contributed by atoms with Crippen LogP contribution in [0, 0.1) is 19.7 Å². The van der Waals surface area contributed by atoms with Gasteiger partial charge in [-0.1, -0.05) is 6.07 Å². The molecule has 2 rings (SSSR count). The van der Waals surface area contributed by atoms with Crippen LogP contribution in [0.4, 0.5) is 15.9 Å². The highest BCUT2D eigenvalue weighted by Gasteiger charge is 2.06. The van der Waals surface area contributed by atoms with Crippen LogP contribution in [0.3, 0.4) is 0 Å². The van der Waals surface area contributed by atoms with Crippen LogP contribution < -0.4 is 5.32 Å². The molecule has 1 aromatic heterocycles. The fraction of sp³-hybridized carbons (Fsp3) is 0.154. The van der Waals surface area contributed by atoms with Crippen molar-refractivity contribution in [2.45, 2.75) is 13.8 Å². The van der Waals surface area contributed by atoms with E-state index in [0.717, 1.165) is 15.7 Å². The van der Waals surface area contributed by atoms with Crippen LogP contribution in [0.1, 0.15) is 11.1 Å². The molecule has 0 saturated heterocycles. The molecular formula is C13H12BrFN2. The van der Waals surface area contributed by atoms with E-state index in [1.54, 1.807) is 19.2 Å². The molecule has 0 aliphatic rings. The first kappa shape index (κ1) is 12.0. The predicted molar refractivity (Wildman–Crippen MR) is 71.1 cm³/mol. The average Bonchev–Trinajstić information content (AvgIpc) is 2.28. The Kier molecular flexibility index (Phi) is 3.43. The summed E-state index contributed by atoms with van der Waals surface area (Å²) in [5, 5.41) is 3.11. The zero-order valence-corrected chi connectivity index (χ0v) is 11.2. The summed E-state index contributed by atoms with van der Waals surface area (Å²) in [6.07, 6.45) is 1.77. The fourth-order valence-corrected chi connectivity index (χ4v) is 2.06. The van der Waals surface area contributed by atoms with Gasteiger partial charge in [0.05, 0.1) is 4.47 Å². The Morgan fingerprint density at radius 3 is 2.76 bits per heavy atom. The highest BCUT2D eigenvalue weighted by atomic mass is 79.9. The molecule has 2 aromatic rings. The van der Waals surface area contributed by atoms with Crippen molar-refractivity contribution in [3.8, 4) is 0 Å². The van der Waals surface area contributed by atoms with Gasteiger partial charge in [0.25, 0.3) is 0 Å². The lowest BCUT2D eigenvalue weighted by Crippen LogP contribution is -1.98. The molecular weight excluding hydrogens is 283 g/mol. The maximum Gasteiger partial charge on any atom is 0.144 e. The normalized spacial score (nSPS) is 10.4. The maximum absolute atomic E-state index is 13.4. The zero-order valence-electron chi connectivity index (χ0n) is 9.59. The molecule has 1 heterocycles. The standard InChI is InChI=1S/C13H12BrFN2/c1-8-6-10(14)13(16-7-8)17-12-5-3-4-11(15)9(12)2/h3-7H,1-2H3,(H,16,17). The van der Waals surface area contributed by atoms with E-state index in [2.05, 4.69) is 26.2 Å². The number of nitrogens with one attached hydrogen (secondary N) is 1. The second-order valence-electron chi connectivity index (χ2n) is 3.88. The van der Waals surface area contributed by atoms with Crippen molar-refractivity contribution in [2.24, 2.45) is 0 Å². The third-order valence-electron chi connectivity index (χ3n) is 2.50. The largest absolute Gasteiger partial charge is 0.339 e. The summed E-state index contributed by atoms with van der Waals surface area (Å²) in [6.45, 7) is 3.70. The van der Waals surface area contributed by atoms with Gasteiger partial charge in [0.2, 0.25) is 0 Å². The van der Waals surface area contributed by atoms with E-state index in [1.165, 1.54) is 6.07 Å². The second kappa shape index (κ2) is 4.84. The van der Waals surface area contributed by atoms with Crippen molar-refractivity contribution in [1.29, 1.82) is 0 Å². The monoisotopic (exact) mass is 294 g/mol. The van der Waals surface area contributed by atoms with E-state index in [-0.39, 0.29) is 5.82 Å². The first-order valence-corrected chi connectivity index (χ1v) is 6.01. The van der Waals surface area contributed by atoms with E-state index in [0.29, 0.717) is 11.4 Å². The summed E-state index contributed by atoms with van der Waals surface area (Å²) in [4.78, 5) is 4.26. The van der Waals surface area contributed by atoms with Gasteiger partial charge in [-0.25, -0.2) is 9.37 Å². The van der Waals surface area contributed by atoms with Crippen molar-refractivity contribution < 1.29 is 4.39 Å². The number of hydrogen-bond donors (Lipinski definition) is 1. The van der Waals surface area contributed by atoms with Crippen LogP contribution in [0.2, 0.25) is 0 Å². The van der Waals surface area contributed by atoms with Gasteiger partial charge >= 0.3 is 0 Å². The third-order valence-corrected chi connectivity index (χ3v) is 3.10. The zero-order chi connectivity index (χ0) is 12.4. The summed E-state index contributed by atoms with van der Waals surface area (Å²) < 4.78 is 14.2. The molecule has 0 aliphatic heterocycles. The van der Waals surface area contributed by atoms with Crippen LogP contribution in [-0.4, -0.2) is 4.98 Å². The molecule has 0 aliphatic carbocycles. The molecule has 0 amide bonds. The van der Waals surface area contributed by atoms with Crippen molar-refractivity contribution in [2.75, 3.05) is 5.32 Å². The molecule has 0 atom stereocenters. The molecule has 1 aromatic carbocycles. The molecule has 17 heavy (non-hydrogen) atoms. The van der Waals surface area contributed by atoms with E-state index < -0.39 is 0 Å². The van der Waals surface area contributed by atoms with E-state index in [9.17, 15) is 4.39 Å². The minimum absolute atomic E-state index is 0.224. The lowest BCUT2D eigenvalue weighted by atomic mass is 10.2. The SMILES string of the molecule is Cc1cnc(Nc2cccc(F)c2C)c(Br)c1. The van der Waals surface area contributed by atoms with Gasteiger partial charge in [-0.05, 0) is 53.5 Å². The van der Waals surface area contributed by atoms with E-state index >= 15 is 0 Å². The maximum atomic E-state index is 13.4. The number of hydrogen-bond acceptors (Lipinski definition) is 2. The molecule has 1 N–H and O–H groups in total. The van der Waals surface area contributed by atoms with Crippen LogP contribution in [0.25, 0.3) is 0 Å². The number of anilines is 2. The Hall–Kier alpha value is -1.42. The summed E-state index contributed by atoms with van der Waals surface area (Å²) in [6, 6.07) is 6.90. The van der Waals surface area contributed by atoms with Crippen molar-refractivity contribution in [3.63, 3.8) is 0 Å². The number of nitrogens with zero attached hydrogens (tertiary/aromatic N) is 1. The topological polar surface area (TPSA) is 24.9 Å². The Morgan fingerprint density at radius 2 is 2.06 bits per heavy atom. The van der Waals surface area contributed by atoms with Crippen LogP contribution in [-0.2, 0) is 0 Å². The minimum Gasteiger partial charge on any atom is -0.339 e. The highest BCUT2D eigenvalue weighted by molar-refractivity contribution is 9.10. The molecule has 4 heteroatoms. The Morgan fingerprint density at radius 1 is 1.29 bits per heavy atom. The van der Waals surface area contributed by atoms with Crippen LogP contribution >= 0.6 is 15.9 Å². The lowest BCUT2D eigenvalue weighted by Gasteiger charge is -2.11. The summed E-state index contributed by atoms with van der Waals surface area (Å²) in [5.41, 5.74) is 2.38. The Labute approximate surface area is 108 Å². The first-order chi connectivity index (χ1) is 8.08. The molecule has 2 nitrogen and oxygen atoms in total. The molecule has 88 valence electrons. The third kappa shape index (κ3) is 2.64. The number of rotatable bonds is 2. The highest BCUT2D eigenvalue weighted by Crippen LogP contribution is 2.26. The predicted octanol–water partition coefficient (Wildman–Crippen LogP) is 4.34. The van der Waals surface area contributed by atoms with Gasteiger partial charge in [0.1, 0.15) is 11.6 Å². The molecule has 0 spiro atoms. The smallest absolute Gasteiger partial charge is 0.144 e. The first-order valence-electron chi connectivity index (χ1n) is 5.22. The number of aryl methyl sites for hydroxylation is 1. The quantitative estimate of drug-likeness (QED) is 0.891.